The number of hydrogen-bond acceptors (Lipinski definition) is 3. The van der Waals surface area contributed by atoms with E-state index in [1.165, 1.54) is 23.8 Å². The largest absolute Gasteiger partial charge is 0.249 e. The highest BCUT2D eigenvalue weighted by atomic mass is 32.2. The van der Waals surface area contributed by atoms with Crippen LogP contribution in [0.5, 0.6) is 0 Å². The molecule has 1 saturated heterocycles. The number of aromatic nitrogens is 2. The number of rotatable bonds is 4. The molecule has 0 amide bonds. The highest BCUT2D eigenvalue weighted by Crippen LogP contribution is 2.28. The van der Waals surface area contributed by atoms with Crippen molar-refractivity contribution in [3.8, 4) is 0 Å². The van der Waals surface area contributed by atoms with Crippen LogP contribution in [0.25, 0.3) is 0 Å². The van der Waals surface area contributed by atoms with E-state index in [-0.39, 0.29) is 10.6 Å². The van der Waals surface area contributed by atoms with Crippen LogP contribution in [0.1, 0.15) is 24.1 Å². The van der Waals surface area contributed by atoms with Crippen molar-refractivity contribution in [2.75, 3.05) is 13.1 Å². The van der Waals surface area contributed by atoms with Crippen LogP contribution >= 0.6 is 0 Å². The van der Waals surface area contributed by atoms with Crippen molar-refractivity contribution in [1.82, 2.24) is 14.1 Å². The topological polar surface area (TPSA) is 55.2 Å². The quantitative estimate of drug-likeness (QED) is 0.850. The molecule has 0 radical (unpaired) electrons. The SMILES string of the molecule is Cc1nn(C)c(F)c1S(=O)(=O)N1CCC(Cc2ccccc2)CC1. The van der Waals surface area contributed by atoms with Gasteiger partial charge < -0.3 is 0 Å². The number of piperidine rings is 1. The van der Waals surface area contributed by atoms with Crippen molar-refractivity contribution in [3.05, 3.63) is 47.5 Å². The molecule has 7 heteroatoms. The molecule has 0 atom stereocenters. The number of sulfonamides is 1. The standard InChI is InChI=1S/C17H22FN3O2S/c1-13-16(17(18)20(2)19-13)24(22,23)21-10-8-15(9-11-21)12-14-6-4-3-5-7-14/h3-7,15H,8-12H2,1-2H3. The monoisotopic (exact) mass is 351 g/mol. The summed E-state index contributed by atoms with van der Waals surface area (Å²) in [6.07, 6.45) is 2.53. The summed E-state index contributed by atoms with van der Waals surface area (Å²) in [5.74, 6) is -0.336. The molecule has 24 heavy (non-hydrogen) atoms. The van der Waals surface area contributed by atoms with Crippen molar-refractivity contribution in [1.29, 1.82) is 0 Å². The third-order valence-electron chi connectivity index (χ3n) is 4.64. The summed E-state index contributed by atoms with van der Waals surface area (Å²) >= 11 is 0. The van der Waals surface area contributed by atoms with E-state index in [1.54, 1.807) is 0 Å². The van der Waals surface area contributed by atoms with Crippen molar-refractivity contribution >= 4 is 10.0 Å². The summed E-state index contributed by atoms with van der Waals surface area (Å²) in [6, 6.07) is 10.2. The predicted octanol–water partition coefficient (Wildman–Crippen LogP) is 2.51. The van der Waals surface area contributed by atoms with Gasteiger partial charge in [0.25, 0.3) is 0 Å². The van der Waals surface area contributed by atoms with Crippen LogP contribution in [0, 0.1) is 18.8 Å². The van der Waals surface area contributed by atoms with E-state index < -0.39 is 16.0 Å². The fourth-order valence-corrected chi connectivity index (χ4v) is 5.04. The molecule has 130 valence electrons. The Kier molecular flexibility index (Phi) is 4.73. The molecule has 1 aromatic heterocycles. The van der Waals surface area contributed by atoms with E-state index in [9.17, 15) is 12.8 Å². The van der Waals surface area contributed by atoms with Gasteiger partial charge in [-0.15, -0.1) is 0 Å². The summed E-state index contributed by atoms with van der Waals surface area (Å²) in [5, 5.41) is 3.88. The number of nitrogens with zero attached hydrogens (tertiary/aromatic N) is 3. The van der Waals surface area contributed by atoms with Gasteiger partial charge in [-0.2, -0.15) is 13.8 Å². The highest BCUT2D eigenvalue weighted by molar-refractivity contribution is 7.89. The zero-order valence-corrected chi connectivity index (χ0v) is 14.8. The minimum Gasteiger partial charge on any atom is -0.241 e. The molecule has 0 spiro atoms. The second-order valence-corrected chi connectivity index (χ2v) is 8.24. The molecule has 1 aliphatic rings. The number of aryl methyl sites for hydroxylation is 2. The molecule has 0 unspecified atom stereocenters. The third kappa shape index (κ3) is 3.23. The summed E-state index contributed by atoms with van der Waals surface area (Å²) in [7, 11) is -2.41. The van der Waals surface area contributed by atoms with Crippen molar-refractivity contribution in [3.63, 3.8) is 0 Å². The Morgan fingerprint density at radius 3 is 2.38 bits per heavy atom. The molecule has 5 nitrogen and oxygen atoms in total. The van der Waals surface area contributed by atoms with Gasteiger partial charge in [0, 0.05) is 20.1 Å². The van der Waals surface area contributed by atoms with Crippen LogP contribution in [0.15, 0.2) is 35.2 Å². The van der Waals surface area contributed by atoms with Gasteiger partial charge in [-0.1, -0.05) is 30.3 Å². The van der Waals surface area contributed by atoms with Gasteiger partial charge in [-0.05, 0) is 37.7 Å². The van der Waals surface area contributed by atoms with Crippen LogP contribution in [0.4, 0.5) is 4.39 Å². The summed E-state index contributed by atoms with van der Waals surface area (Å²) in [5.41, 5.74) is 1.48. The lowest BCUT2D eigenvalue weighted by molar-refractivity contribution is 0.272. The molecule has 0 aliphatic carbocycles. The van der Waals surface area contributed by atoms with Gasteiger partial charge in [0.1, 0.15) is 0 Å². The van der Waals surface area contributed by atoms with Gasteiger partial charge in [-0.25, -0.2) is 13.1 Å². The Morgan fingerprint density at radius 1 is 1.21 bits per heavy atom. The molecule has 1 aromatic carbocycles. The number of benzene rings is 1. The average molecular weight is 351 g/mol. The third-order valence-corrected chi connectivity index (χ3v) is 6.66. The van der Waals surface area contributed by atoms with Crippen molar-refractivity contribution in [2.45, 2.75) is 31.1 Å². The first-order valence-corrected chi connectivity index (χ1v) is 9.56. The summed E-state index contributed by atoms with van der Waals surface area (Å²) < 4.78 is 42.0. The Hall–Kier alpha value is -1.73. The van der Waals surface area contributed by atoms with Gasteiger partial charge >= 0.3 is 0 Å². The lowest BCUT2D eigenvalue weighted by Crippen LogP contribution is -2.39. The lowest BCUT2D eigenvalue weighted by atomic mass is 9.91. The van der Waals surface area contributed by atoms with Gasteiger partial charge in [0.2, 0.25) is 16.0 Å². The smallest absolute Gasteiger partial charge is 0.241 e. The van der Waals surface area contributed by atoms with E-state index in [0.29, 0.717) is 19.0 Å². The first-order valence-electron chi connectivity index (χ1n) is 8.12. The second-order valence-electron chi connectivity index (χ2n) is 6.37. The summed E-state index contributed by atoms with van der Waals surface area (Å²) in [6.45, 7) is 2.37. The highest BCUT2D eigenvalue weighted by Gasteiger charge is 2.34. The van der Waals surface area contributed by atoms with Crippen molar-refractivity contribution < 1.29 is 12.8 Å². The maximum atomic E-state index is 14.1. The van der Waals surface area contributed by atoms with E-state index in [2.05, 4.69) is 17.2 Å². The first kappa shape index (κ1) is 17.1. The second kappa shape index (κ2) is 6.64. The number of halogens is 1. The molecular formula is C17H22FN3O2S. The van der Waals surface area contributed by atoms with Gasteiger partial charge in [-0.3, -0.25) is 0 Å². The van der Waals surface area contributed by atoms with Crippen LogP contribution < -0.4 is 0 Å². The van der Waals surface area contributed by atoms with Gasteiger partial charge in [0.05, 0.1) is 5.69 Å². The zero-order valence-electron chi connectivity index (χ0n) is 13.9. The molecule has 2 aromatic rings. The lowest BCUT2D eigenvalue weighted by Gasteiger charge is -2.31. The average Bonchev–Trinajstić information content (AvgIpc) is 2.82. The van der Waals surface area contributed by atoms with Crippen LogP contribution in [-0.4, -0.2) is 35.6 Å². The van der Waals surface area contributed by atoms with E-state index in [1.807, 2.05) is 18.2 Å². The summed E-state index contributed by atoms with van der Waals surface area (Å²) in [4.78, 5) is -0.286. The van der Waals surface area contributed by atoms with Crippen LogP contribution in [-0.2, 0) is 23.5 Å². The first-order chi connectivity index (χ1) is 11.4. The number of hydrogen-bond donors (Lipinski definition) is 0. The fourth-order valence-electron chi connectivity index (χ4n) is 3.33. The Labute approximate surface area is 142 Å². The fraction of sp³-hybridized carbons (Fsp3) is 0.471. The minimum atomic E-state index is -3.82. The maximum absolute atomic E-state index is 14.1. The Balaban J connectivity index is 1.70. The maximum Gasteiger partial charge on any atom is 0.249 e. The minimum absolute atomic E-state index is 0.210. The molecular weight excluding hydrogens is 329 g/mol. The molecule has 1 aliphatic heterocycles. The molecule has 0 bridgehead atoms. The van der Waals surface area contributed by atoms with Gasteiger partial charge in [0.15, 0.2) is 4.90 Å². The van der Waals surface area contributed by atoms with E-state index >= 15 is 0 Å². The molecule has 2 heterocycles. The predicted molar refractivity (Wildman–Crippen MR) is 89.5 cm³/mol. The normalized spacial score (nSPS) is 17.3. The van der Waals surface area contributed by atoms with Crippen molar-refractivity contribution in [2.24, 2.45) is 13.0 Å². The molecule has 1 fully saturated rings. The molecule has 0 saturated carbocycles. The van der Waals surface area contributed by atoms with E-state index in [4.69, 9.17) is 0 Å². The molecule has 0 N–H and O–H groups in total. The Morgan fingerprint density at radius 2 is 1.83 bits per heavy atom. The Bertz CT molecular complexity index is 810. The zero-order chi connectivity index (χ0) is 17.3. The molecule has 3 rings (SSSR count). The van der Waals surface area contributed by atoms with Crippen LogP contribution in [0.2, 0.25) is 0 Å². The van der Waals surface area contributed by atoms with E-state index in [0.717, 1.165) is 23.9 Å². The van der Waals surface area contributed by atoms with Crippen LogP contribution in [0.3, 0.4) is 0 Å².